The minimum Gasteiger partial charge on any atom is -0.493 e. The normalized spacial score (nSPS) is 10.6. The fourth-order valence-corrected chi connectivity index (χ4v) is 3.09. The SMILES string of the molecule is CC(C)c1nc(CCOc2ccc(F)cc2)sc1CC#N. The van der Waals surface area contributed by atoms with Crippen LogP contribution in [0.15, 0.2) is 24.3 Å². The van der Waals surface area contributed by atoms with Gasteiger partial charge in [0, 0.05) is 11.3 Å². The second-order valence-electron chi connectivity index (χ2n) is 4.96. The average Bonchev–Trinajstić information content (AvgIpc) is 2.85. The molecule has 0 radical (unpaired) electrons. The van der Waals surface area contributed by atoms with E-state index in [9.17, 15) is 4.39 Å². The molecule has 21 heavy (non-hydrogen) atoms. The van der Waals surface area contributed by atoms with Crippen molar-refractivity contribution in [3.63, 3.8) is 0 Å². The van der Waals surface area contributed by atoms with Crippen LogP contribution in [0.25, 0.3) is 0 Å². The highest BCUT2D eigenvalue weighted by molar-refractivity contribution is 7.11. The highest BCUT2D eigenvalue weighted by atomic mass is 32.1. The number of hydrogen-bond donors (Lipinski definition) is 0. The average molecular weight is 304 g/mol. The second kappa shape index (κ2) is 7.19. The minimum atomic E-state index is -0.273. The number of rotatable bonds is 6. The topological polar surface area (TPSA) is 45.9 Å². The summed E-state index contributed by atoms with van der Waals surface area (Å²) >= 11 is 1.58. The summed E-state index contributed by atoms with van der Waals surface area (Å²) in [5.74, 6) is 0.690. The summed E-state index contributed by atoms with van der Waals surface area (Å²) in [7, 11) is 0. The lowest BCUT2D eigenvalue weighted by atomic mass is 10.1. The molecule has 0 aliphatic heterocycles. The molecule has 0 atom stereocenters. The fraction of sp³-hybridized carbons (Fsp3) is 0.375. The lowest BCUT2D eigenvalue weighted by Gasteiger charge is -2.04. The van der Waals surface area contributed by atoms with E-state index in [-0.39, 0.29) is 5.82 Å². The molecule has 0 aliphatic carbocycles. The Morgan fingerprint density at radius 3 is 2.67 bits per heavy atom. The van der Waals surface area contributed by atoms with Gasteiger partial charge in [0.15, 0.2) is 0 Å². The zero-order chi connectivity index (χ0) is 15.2. The van der Waals surface area contributed by atoms with Gasteiger partial charge in [0.1, 0.15) is 11.6 Å². The van der Waals surface area contributed by atoms with E-state index in [1.165, 1.54) is 12.1 Å². The van der Waals surface area contributed by atoms with Gasteiger partial charge in [-0.2, -0.15) is 5.26 Å². The maximum Gasteiger partial charge on any atom is 0.123 e. The molecule has 3 nitrogen and oxygen atoms in total. The quantitative estimate of drug-likeness (QED) is 0.807. The summed E-state index contributed by atoms with van der Waals surface area (Å²) < 4.78 is 18.3. The maximum atomic E-state index is 12.8. The molecular weight excluding hydrogens is 287 g/mol. The van der Waals surface area contributed by atoms with Gasteiger partial charge >= 0.3 is 0 Å². The van der Waals surface area contributed by atoms with E-state index < -0.39 is 0 Å². The Kier molecular flexibility index (Phi) is 5.29. The van der Waals surface area contributed by atoms with Crippen molar-refractivity contribution in [2.75, 3.05) is 6.61 Å². The van der Waals surface area contributed by atoms with Crippen molar-refractivity contribution in [1.29, 1.82) is 5.26 Å². The Bertz CT molecular complexity index is 629. The predicted molar refractivity (Wildman–Crippen MR) is 81.1 cm³/mol. The third kappa shape index (κ3) is 4.27. The summed E-state index contributed by atoms with van der Waals surface area (Å²) in [6, 6.07) is 8.15. The smallest absolute Gasteiger partial charge is 0.123 e. The number of hydrogen-bond acceptors (Lipinski definition) is 4. The number of aromatic nitrogens is 1. The molecule has 2 rings (SSSR count). The molecule has 0 saturated heterocycles. The predicted octanol–water partition coefficient (Wildman–Crippen LogP) is 4.09. The molecule has 110 valence electrons. The van der Waals surface area contributed by atoms with Gasteiger partial charge in [-0.25, -0.2) is 9.37 Å². The molecular formula is C16H17FN2OS. The Hall–Kier alpha value is -1.93. The summed E-state index contributed by atoms with van der Waals surface area (Å²) in [4.78, 5) is 5.65. The zero-order valence-corrected chi connectivity index (χ0v) is 12.9. The highest BCUT2D eigenvalue weighted by Gasteiger charge is 2.13. The van der Waals surface area contributed by atoms with Crippen LogP contribution in [0.5, 0.6) is 5.75 Å². The molecule has 0 aliphatic rings. The molecule has 0 fully saturated rings. The van der Waals surface area contributed by atoms with E-state index in [1.807, 2.05) is 0 Å². The van der Waals surface area contributed by atoms with Gasteiger partial charge in [0.25, 0.3) is 0 Å². The Morgan fingerprint density at radius 1 is 1.33 bits per heavy atom. The van der Waals surface area contributed by atoms with E-state index in [1.54, 1.807) is 23.5 Å². The summed E-state index contributed by atoms with van der Waals surface area (Å²) in [5, 5.41) is 9.83. The number of nitrogens with zero attached hydrogens (tertiary/aromatic N) is 2. The van der Waals surface area contributed by atoms with E-state index >= 15 is 0 Å². The van der Waals surface area contributed by atoms with Gasteiger partial charge in [0.2, 0.25) is 0 Å². The molecule has 0 amide bonds. The van der Waals surface area contributed by atoms with Gasteiger partial charge in [-0.1, -0.05) is 13.8 Å². The van der Waals surface area contributed by atoms with Crippen LogP contribution in [-0.4, -0.2) is 11.6 Å². The summed E-state index contributed by atoms with van der Waals surface area (Å²) in [6.07, 6.45) is 1.09. The number of nitriles is 1. The van der Waals surface area contributed by atoms with Crippen molar-refractivity contribution in [3.8, 4) is 11.8 Å². The van der Waals surface area contributed by atoms with E-state index in [0.29, 0.717) is 31.1 Å². The van der Waals surface area contributed by atoms with Gasteiger partial charge < -0.3 is 4.74 Å². The van der Waals surface area contributed by atoms with Gasteiger partial charge in [-0.05, 0) is 30.2 Å². The Balaban J connectivity index is 1.95. The van der Waals surface area contributed by atoms with Crippen LogP contribution in [0.3, 0.4) is 0 Å². The molecule has 5 heteroatoms. The standard InChI is InChI=1S/C16H17FN2OS/c1-11(2)16-14(7-9-18)21-15(19-16)8-10-20-13-5-3-12(17)4-6-13/h3-6,11H,7-8,10H2,1-2H3. The van der Waals surface area contributed by atoms with Crippen LogP contribution < -0.4 is 4.74 Å². The second-order valence-corrected chi connectivity index (χ2v) is 6.13. The highest BCUT2D eigenvalue weighted by Crippen LogP contribution is 2.26. The third-order valence-corrected chi connectivity index (χ3v) is 4.09. The van der Waals surface area contributed by atoms with Gasteiger partial charge in [-0.3, -0.25) is 0 Å². The summed E-state index contributed by atoms with van der Waals surface area (Å²) in [6.45, 7) is 4.64. The van der Waals surface area contributed by atoms with Crippen LogP contribution in [0, 0.1) is 17.1 Å². The maximum absolute atomic E-state index is 12.8. The van der Waals surface area contributed by atoms with E-state index in [4.69, 9.17) is 10.00 Å². The van der Waals surface area contributed by atoms with E-state index in [0.717, 1.165) is 15.6 Å². The van der Waals surface area contributed by atoms with Crippen molar-refractivity contribution < 1.29 is 9.13 Å². The molecule has 0 saturated carbocycles. The lowest BCUT2D eigenvalue weighted by Crippen LogP contribution is -2.01. The first-order chi connectivity index (χ1) is 10.1. The van der Waals surface area contributed by atoms with Gasteiger partial charge in [0.05, 0.1) is 29.8 Å². The van der Waals surface area contributed by atoms with Crippen molar-refractivity contribution in [1.82, 2.24) is 4.98 Å². The molecule has 0 bridgehead atoms. The van der Waals surface area contributed by atoms with Crippen LogP contribution >= 0.6 is 11.3 Å². The lowest BCUT2D eigenvalue weighted by molar-refractivity contribution is 0.321. The number of halogens is 1. The number of benzene rings is 1. The van der Waals surface area contributed by atoms with Crippen LogP contribution in [0.4, 0.5) is 4.39 Å². The molecule has 0 unspecified atom stereocenters. The van der Waals surface area contributed by atoms with Crippen molar-refractivity contribution in [3.05, 3.63) is 45.7 Å². The van der Waals surface area contributed by atoms with Crippen molar-refractivity contribution in [2.24, 2.45) is 0 Å². The van der Waals surface area contributed by atoms with Crippen LogP contribution in [-0.2, 0) is 12.8 Å². The molecule has 0 N–H and O–H groups in total. The molecule has 0 spiro atoms. The minimum absolute atomic E-state index is 0.273. The first kappa shape index (κ1) is 15.5. The zero-order valence-electron chi connectivity index (χ0n) is 12.1. The van der Waals surface area contributed by atoms with Crippen LogP contribution in [0.2, 0.25) is 0 Å². The van der Waals surface area contributed by atoms with Crippen LogP contribution in [0.1, 0.15) is 35.3 Å². The third-order valence-electron chi connectivity index (χ3n) is 2.96. The fourth-order valence-electron chi connectivity index (χ4n) is 1.96. The monoisotopic (exact) mass is 304 g/mol. The number of thiazole rings is 1. The summed E-state index contributed by atoms with van der Waals surface area (Å²) in [5.41, 5.74) is 1.01. The van der Waals surface area contributed by atoms with Crippen molar-refractivity contribution >= 4 is 11.3 Å². The van der Waals surface area contributed by atoms with Gasteiger partial charge in [-0.15, -0.1) is 11.3 Å². The Labute approximate surface area is 128 Å². The molecule has 1 heterocycles. The Morgan fingerprint density at radius 2 is 2.05 bits per heavy atom. The first-order valence-electron chi connectivity index (χ1n) is 6.84. The van der Waals surface area contributed by atoms with E-state index in [2.05, 4.69) is 24.9 Å². The molecule has 1 aromatic heterocycles. The van der Waals surface area contributed by atoms with Crippen molar-refractivity contribution in [2.45, 2.75) is 32.6 Å². The first-order valence-corrected chi connectivity index (χ1v) is 7.65. The largest absolute Gasteiger partial charge is 0.493 e. The number of ether oxygens (including phenoxy) is 1. The molecule has 1 aromatic carbocycles. The molecule has 2 aromatic rings.